The molecule has 0 radical (unpaired) electrons. The third-order valence-electron chi connectivity index (χ3n) is 4.30. The Labute approximate surface area is 184 Å². The number of amides is 2. The van der Waals surface area contributed by atoms with Crippen LogP contribution in [0.4, 0.5) is 10.8 Å². The summed E-state index contributed by atoms with van der Waals surface area (Å²) in [5.41, 5.74) is 0.711. The van der Waals surface area contributed by atoms with E-state index in [0.717, 1.165) is 6.42 Å². The molecule has 0 aliphatic rings. The van der Waals surface area contributed by atoms with Crippen LogP contribution in [-0.2, 0) is 10.0 Å². The minimum atomic E-state index is -4.12. The van der Waals surface area contributed by atoms with Gasteiger partial charge in [-0.05, 0) is 37.6 Å². The number of nitrogens with zero attached hydrogens (tertiary/aromatic N) is 2. The van der Waals surface area contributed by atoms with Crippen molar-refractivity contribution in [3.63, 3.8) is 0 Å². The normalized spacial score (nSPS) is 12.1. The smallest absolute Gasteiger partial charge is 0.291 e. The zero-order valence-electron chi connectivity index (χ0n) is 16.8. The number of hydrogen-bond donors (Lipinski definition) is 3. The summed E-state index contributed by atoms with van der Waals surface area (Å²) in [6, 6.07) is 14.7. The molecule has 0 saturated carbocycles. The van der Waals surface area contributed by atoms with Crippen molar-refractivity contribution in [1.82, 2.24) is 15.5 Å². The Morgan fingerprint density at radius 3 is 2.39 bits per heavy atom. The van der Waals surface area contributed by atoms with E-state index >= 15 is 0 Å². The van der Waals surface area contributed by atoms with Crippen LogP contribution in [0.5, 0.6) is 0 Å². The lowest BCUT2D eigenvalue weighted by Crippen LogP contribution is -2.32. The fourth-order valence-electron chi connectivity index (χ4n) is 2.49. The van der Waals surface area contributed by atoms with Gasteiger partial charge in [-0.3, -0.25) is 19.6 Å². The van der Waals surface area contributed by atoms with Gasteiger partial charge in [0.25, 0.3) is 26.2 Å². The highest BCUT2D eigenvalue weighted by Gasteiger charge is 2.24. The Morgan fingerprint density at radius 2 is 1.68 bits per heavy atom. The molecule has 3 rings (SSSR count). The summed E-state index contributed by atoms with van der Waals surface area (Å²) in [7, 11) is -4.12. The Morgan fingerprint density at radius 1 is 1.00 bits per heavy atom. The van der Waals surface area contributed by atoms with Gasteiger partial charge >= 0.3 is 0 Å². The van der Waals surface area contributed by atoms with Gasteiger partial charge in [0, 0.05) is 11.6 Å². The van der Waals surface area contributed by atoms with Crippen molar-refractivity contribution in [2.75, 3.05) is 10.0 Å². The first-order valence-electron chi connectivity index (χ1n) is 9.42. The summed E-state index contributed by atoms with van der Waals surface area (Å²) >= 11 is 0.705. The average Bonchev–Trinajstić information content (AvgIpc) is 3.24. The number of para-hydroxylation sites is 1. The molecular weight excluding hydrogens is 438 g/mol. The second-order valence-electron chi connectivity index (χ2n) is 6.63. The molecule has 31 heavy (non-hydrogen) atoms. The fraction of sp³-hybridized carbons (Fsp3) is 0.200. The van der Waals surface area contributed by atoms with Crippen LogP contribution in [0.15, 0.2) is 58.9 Å². The molecule has 9 nitrogen and oxygen atoms in total. The maximum Gasteiger partial charge on any atom is 0.291 e. The van der Waals surface area contributed by atoms with E-state index in [-0.39, 0.29) is 32.7 Å². The van der Waals surface area contributed by atoms with Gasteiger partial charge in [0.1, 0.15) is 0 Å². The van der Waals surface area contributed by atoms with Crippen LogP contribution >= 0.6 is 11.3 Å². The summed E-state index contributed by atoms with van der Waals surface area (Å²) in [4.78, 5) is 24.7. The number of aromatic nitrogens is 2. The van der Waals surface area contributed by atoms with Crippen LogP contribution in [0.2, 0.25) is 0 Å². The van der Waals surface area contributed by atoms with E-state index in [1.165, 1.54) is 12.1 Å². The Balaban J connectivity index is 1.77. The minimum absolute atomic E-state index is 0.0389. The van der Waals surface area contributed by atoms with E-state index < -0.39 is 15.9 Å². The third kappa shape index (κ3) is 5.64. The molecule has 1 aromatic heterocycles. The number of anilines is 2. The molecule has 11 heteroatoms. The number of nitrogens with one attached hydrogen (secondary N) is 3. The molecule has 1 atom stereocenters. The van der Waals surface area contributed by atoms with Gasteiger partial charge in [0.15, 0.2) is 0 Å². The van der Waals surface area contributed by atoms with Gasteiger partial charge < -0.3 is 5.32 Å². The molecule has 1 heterocycles. The average molecular weight is 460 g/mol. The third-order valence-corrected chi connectivity index (χ3v) is 6.87. The van der Waals surface area contributed by atoms with Crippen molar-refractivity contribution in [1.29, 1.82) is 0 Å². The molecule has 0 unspecified atom stereocenters. The van der Waals surface area contributed by atoms with Gasteiger partial charge in [-0.2, -0.15) is 8.42 Å². The number of sulfonamides is 1. The highest BCUT2D eigenvalue weighted by molar-refractivity contribution is 7.94. The molecule has 3 aromatic rings. The van der Waals surface area contributed by atoms with Crippen LogP contribution < -0.4 is 15.4 Å². The molecule has 0 fully saturated rings. The maximum absolute atomic E-state index is 12.8. The first kappa shape index (κ1) is 22.4. The Hall–Kier alpha value is -3.31. The number of carbonyl (C=O) groups is 2. The van der Waals surface area contributed by atoms with Gasteiger partial charge in [0.05, 0.1) is 11.3 Å². The van der Waals surface area contributed by atoms with Gasteiger partial charge in [0.2, 0.25) is 5.13 Å². The van der Waals surface area contributed by atoms with Crippen molar-refractivity contribution in [2.24, 2.45) is 0 Å². The van der Waals surface area contributed by atoms with Crippen molar-refractivity contribution in [2.45, 2.75) is 30.6 Å². The minimum Gasteiger partial charge on any atom is -0.350 e. The lowest BCUT2D eigenvalue weighted by molar-refractivity contribution is 0.0939. The second-order valence-corrected chi connectivity index (χ2v) is 9.46. The van der Waals surface area contributed by atoms with Crippen LogP contribution in [0.3, 0.4) is 0 Å². The summed E-state index contributed by atoms with van der Waals surface area (Å²) in [5, 5.41) is 12.8. The van der Waals surface area contributed by atoms with E-state index in [1.54, 1.807) is 42.5 Å². The van der Waals surface area contributed by atoms with Crippen LogP contribution in [-0.4, -0.2) is 36.5 Å². The van der Waals surface area contributed by atoms with Gasteiger partial charge in [-0.1, -0.05) is 48.6 Å². The predicted octanol–water partition coefficient (Wildman–Crippen LogP) is 3.12. The second kappa shape index (κ2) is 9.67. The van der Waals surface area contributed by atoms with E-state index in [4.69, 9.17) is 0 Å². The van der Waals surface area contributed by atoms with Crippen LogP contribution in [0.25, 0.3) is 0 Å². The predicted molar refractivity (Wildman–Crippen MR) is 119 cm³/mol. The van der Waals surface area contributed by atoms with Crippen molar-refractivity contribution in [3.8, 4) is 0 Å². The first-order valence-corrected chi connectivity index (χ1v) is 11.7. The monoisotopic (exact) mass is 459 g/mol. The molecule has 2 amide bonds. The number of hydrogen-bond acceptors (Lipinski definition) is 7. The van der Waals surface area contributed by atoms with Gasteiger partial charge in [-0.25, -0.2) is 0 Å². The molecule has 0 aliphatic heterocycles. The molecule has 0 bridgehead atoms. The van der Waals surface area contributed by atoms with Crippen molar-refractivity contribution < 1.29 is 18.0 Å². The quantitative estimate of drug-likeness (QED) is 0.444. The van der Waals surface area contributed by atoms with Crippen molar-refractivity contribution in [3.05, 3.63) is 65.7 Å². The van der Waals surface area contributed by atoms with Crippen LogP contribution in [0, 0.1) is 0 Å². The number of benzene rings is 2. The summed E-state index contributed by atoms with van der Waals surface area (Å²) < 4.78 is 27.6. The van der Waals surface area contributed by atoms with Crippen LogP contribution in [0.1, 0.15) is 41.0 Å². The zero-order valence-corrected chi connectivity index (χ0v) is 18.5. The van der Waals surface area contributed by atoms with Crippen molar-refractivity contribution >= 4 is 44.0 Å². The van der Waals surface area contributed by atoms with Gasteiger partial charge in [-0.15, -0.1) is 10.2 Å². The molecular formula is C20H21N5O4S2. The summed E-state index contributed by atoms with van der Waals surface area (Å²) in [6.07, 6.45) is 0.738. The Kier molecular flexibility index (Phi) is 6.98. The van der Waals surface area contributed by atoms with E-state index in [1.807, 2.05) is 13.8 Å². The molecule has 162 valence electrons. The highest BCUT2D eigenvalue weighted by atomic mass is 32.2. The van der Waals surface area contributed by atoms with E-state index in [9.17, 15) is 18.0 Å². The number of carbonyl (C=O) groups excluding carboxylic acids is 2. The largest absolute Gasteiger partial charge is 0.350 e. The first-order chi connectivity index (χ1) is 14.8. The zero-order chi connectivity index (χ0) is 22.4. The summed E-state index contributed by atoms with van der Waals surface area (Å²) in [6.45, 7) is 3.79. The van der Waals surface area contributed by atoms with E-state index in [0.29, 0.717) is 16.9 Å². The standard InChI is InChI=1S/C20H21N5O4S2/c1-3-13(2)21-18(27)15-11-7-8-12-16(15)25-31(28,29)20-24-23-19(30-20)22-17(26)14-9-5-4-6-10-14/h4-13,25H,3H2,1-2H3,(H,21,27)(H,22,23,26)/t13-/m1/s1. The summed E-state index contributed by atoms with van der Waals surface area (Å²) in [5.74, 6) is -0.818. The fourth-order valence-corrected chi connectivity index (χ4v) is 4.47. The van der Waals surface area contributed by atoms with E-state index in [2.05, 4.69) is 25.6 Å². The molecule has 2 aromatic carbocycles. The maximum atomic E-state index is 12.8. The Bertz CT molecular complexity index is 1180. The lowest BCUT2D eigenvalue weighted by atomic mass is 10.1. The number of rotatable bonds is 8. The molecule has 0 spiro atoms. The molecule has 0 aliphatic carbocycles. The topological polar surface area (TPSA) is 130 Å². The lowest BCUT2D eigenvalue weighted by Gasteiger charge is -2.14. The SMILES string of the molecule is CC[C@@H](C)NC(=O)c1ccccc1NS(=O)(=O)c1nnc(NC(=O)c2ccccc2)s1. The molecule has 3 N–H and O–H groups in total. The molecule has 0 saturated heterocycles. The highest BCUT2D eigenvalue weighted by Crippen LogP contribution is 2.25.